The molecular formula is C17H27N3O4. The maximum Gasteiger partial charge on any atom is 0.341 e. The third-order valence-electron chi connectivity index (χ3n) is 4.01. The fourth-order valence-electron chi connectivity index (χ4n) is 2.76. The van der Waals surface area contributed by atoms with E-state index < -0.39 is 5.97 Å². The Labute approximate surface area is 143 Å². The number of carbonyl (C=O) groups is 1. The number of hydrogen-bond acceptors (Lipinski definition) is 5. The molecule has 1 aliphatic heterocycles. The number of esters is 1. The van der Waals surface area contributed by atoms with Gasteiger partial charge in [0.25, 0.3) is 0 Å². The van der Waals surface area contributed by atoms with E-state index in [9.17, 15) is 4.79 Å². The lowest BCUT2D eigenvalue weighted by atomic mass is 10.1. The molecule has 1 fully saturated rings. The second-order valence-electron chi connectivity index (χ2n) is 5.95. The van der Waals surface area contributed by atoms with E-state index in [4.69, 9.17) is 13.9 Å². The summed E-state index contributed by atoms with van der Waals surface area (Å²) in [5, 5.41) is 3.28. The summed E-state index contributed by atoms with van der Waals surface area (Å²) < 4.78 is 15.8. The monoisotopic (exact) mass is 337 g/mol. The quantitative estimate of drug-likeness (QED) is 0.485. The van der Waals surface area contributed by atoms with Crippen molar-refractivity contribution < 1.29 is 18.7 Å². The van der Waals surface area contributed by atoms with Gasteiger partial charge in [0.2, 0.25) is 0 Å². The number of carbonyl (C=O) groups excluding carboxylic acids is 1. The molecule has 0 radical (unpaired) electrons. The summed E-state index contributed by atoms with van der Waals surface area (Å²) in [5.74, 6) is 2.15. The van der Waals surface area contributed by atoms with Crippen molar-refractivity contribution in [3.63, 3.8) is 0 Å². The van der Waals surface area contributed by atoms with Crippen LogP contribution in [0.4, 0.5) is 0 Å². The highest BCUT2D eigenvalue weighted by Crippen LogP contribution is 2.17. The molecule has 0 bridgehead atoms. The molecule has 1 N–H and O–H groups in total. The average Bonchev–Trinajstić information content (AvgIpc) is 3.20. The topological polar surface area (TPSA) is 76.3 Å². The highest BCUT2D eigenvalue weighted by Gasteiger charge is 2.19. The Morgan fingerprint density at radius 2 is 2.33 bits per heavy atom. The Balaban J connectivity index is 2.03. The van der Waals surface area contributed by atoms with Crippen molar-refractivity contribution in [3.8, 4) is 0 Å². The highest BCUT2D eigenvalue weighted by molar-refractivity contribution is 5.90. The highest BCUT2D eigenvalue weighted by atomic mass is 16.5. The van der Waals surface area contributed by atoms with Crippen LogP contribution in [-0.2, 0) is 16.0 Å². The van der Waals surface area contributed by atoms with Gasteiger partial charge >= 0.3 is 5.97 Å². The molecule has 0 aliphatic carbocycles. The molecule has 2 rings (SSSR count). The average molecular weight is 337 g/mol. The zero-order valence-corrected chi connectivity index (χ0v) is 14.9. The van der Waals surface area contributed by atoms with E-state index in [-0.39, 0.29) is 0 Å². The Hall–Kier alpha value is -2.02. The van der Waals surface area contributed by atoms with Crippen LogP contribution in [0.25, 0.3) is 0 Å². The fraction of sp³-hybridized carbons (Fsp3) is 0.647. The molecule has 2 heterocycles. The van der Waals surface area contributed by atoms with Crippen LogP contribution in [0.3, 0.4) is 0 Å². The minimum atomic E-state index is -0.392. The molecule has 0 amide bonds. The first-order valence-corrected chi connectivity index (χ1v) is 8.30. The van der Waals surface area contributed by atoms with Gasteiger partial charge in [-0.25, -0.2) is 9.79 Å². The van der Waals surface area contributed by atoms with Gasteiger partial charge in [-0.1, -0.05) is 0 Å². The van der Waals surface area contributed by atoms with Crippen LogP contribution in [0.1, 0.15) is 35.2 Å². The fourth-order valence-corrected chi connectivity index (χ4v) is 2.76. The largest absolute Gasteiger partial charge is 0.465 e. The van der Waals surface area contributed by atoms with E-state index in [1.54, 1.807) is 13.0 Å². The standard InChI is InChI=1S/C17H27N3O4/c1-5-18-17(20(3)10-13-6-7-23-11-13)19-9-14-8-15(12(2)24-14)16(21)22-4/h8,13H,5-7,9-11H2,1-4H3,(H,18,19). The molecule has 1 unspecified atom stereocenters. The zero-order valence-electron chi connectivity index (χ0n) is 14.9. The summed E-state index contributed by atoms with van der Waals surface area (Å²) in [4.78, 5) is 18.4. The lowest BCUT2D eigenvalue weighted by molar-refractivity contribution is 0.0599. The number of ether oxygens (including phenoxy) is 2. The van der Waals surface area contributed by atoms with E-state index in [0.29, 0.717) is 29.5 Å². The Kier molecular flexibility index (Phi) is 6.66. The molecule has 1 atom stereocenters. The summed E-state index contributed by atoms with van der Waals surface area (Å²) in [5.41, 5.74) is 0.448. The van der Waals surface area contributed by atoms with Crippen molar-refractivity contribution in [1.82, 2.24) is 10.2 Å². The molecule has 1 saturated heterocycles. The predicted octanol–water partition coefficient (Wildman–Crippen LogP) is 1.81. The summed E-state index contributed by atoms with van der Waals surface area (Å²) in [6.45, 7) is 7.49. The van der Waals surface area contributed by atoms with Gasteiger partial charge in [0.15, 0.2) is 5.96 Å². The molecule has 1 aliphatic rings. The van der Waals surface area contributed by atoms with Crippen LogP contribution in [-0.4, -0.2) is 57.3 Å². The third kappa shape index (κ3) is 4.74. The first-order chi connectivity index (χ1) is 11.5. The normalized spacial score (nSPS) is 17.8. The predicted molar refractivity (Wildman–Crippen MR) is 91.2 cm³/mol. The minimum Gasteiger partial charge on any atom is -0.465 e. The van der Waals surface area contributed by atoms with Crippen molar-refractivity contribution in [2.75, 3.05) is 40.5 Å². The van der Waals surface area contributed by atoms with Gasteiger partial charge in [-0.3, -0.25) is 0 Å². The number of nitrogens with one attached hydrogen (secondary N) is 1. The second kappa shape index (κ2) is 8.73. The van der Waals surface area contributed by atoms with Gasteiger partial charge in [0.05, 0.1) is 13.7 Å². The van der Waals surface area contributed by atoms with Gasteiger partial charge in [0, 0.05) is 32.7 Å². The minimum absolute atomic E-state index is 0.367. The molecule has 0 spiro atoms. The van der Waals surface area contributed by atoms with Crippen LogP contribution in [0.2, 0.25) is 0 Å². The van der Waals surface area contributed by atoms with Crippen LogP contribution in [0.5, 0.6) is 0 Å². The number of rotatable bonds is 6. The summed E-state index contributed by atoms with van der Waals surface area (Å²) in [7, 11) is 3.38. The number of methoxy groups -OCH3 is 1. The van der Waals surface area contributed by atoms with E-state index in [0.717, 1.165) is 38.7 Å². The van der Waals surface area contributed by atoms with E-state index in [2.05, 4.69) is 15.2 Å². The first kappa shape index (κ1) is 18.3. The van der Waals surface area contributed by atoms with Crippen LogP contribution in [0, 0.1) is 12.8 Å². The number of hydrogen-bond donors (Lipinski definition) is 1. The molecule has 1 aromatic rings. The van der Waals surface area contributed by atoms with Crippen molar-refractivity contribution >= 4 is 11.9 Å². The lowest BCUT2D eigenvalue weighted by Crippen LogP contribution is -2.41. The maximum atomic E-state index is 11.6. The van der Waals surface area contributed by atoms with Crippen LogP contribution >= 0.6 is 0 Å². The zero-order chi connectivity index (χ0) is 17.5. The number of aryl methyl sites for hydroxylation is 1. The van der Waals surface area contributed by atoms with E-state index in [1.807, 2.05) is 14.0 Å². The summed E-state index contributed by atoms with van der Waals surface area (Å²) >= 11 is 0. The van der Waals surface area contributed by atoms with Crippen molar-refractivity contribution in [2.24, 2.45) is 10.9 Å². The van der Waals surface area contributed by atoms with Crippen molar-refractivity contribution in [3.05, 3.63) is 23.2 Å². The first-order valence-electron chi connectivity index (χ1n) is 8.30. The number of furan rings is 1. The van der Waals surface area contributed by atoms with Gasteiger partial charge in [-0.05, 0) is 26.3 Å². The van der Waals surface area contributed by atoms with Gasteiger partial charge in [-0.2, -0.15) is 0 Å². The van der Waals surface area contributed by atoms with Crippen molar-refractivity contribution in [2.45, 2.75) is 26.8 Å². The molecular weight excluding hydrogens is 310 g/mol. The lowest BCUT2D eigenvalue weighted by Gasteiger charge is -2.24. The van der Waals surface area contributed by atoms with Gasteiger partial charge in [-0.15, -0.1) is 0 Å². The van der Waals surface area contributed by atoms with Gasteiger partial charge in [0.1, 0.15) is 23.6 Å². The number of aliphatic imine (C=N–C) groups is 1. The Bertz CT molecular complexity index is 576. The van der Waals surface area contributed by atoms with Crippen molar-refractivity contribution in [1.29, 1.82) is 0 Å². The Morgan fingerprint density at radius 3 is 2.96 bits per heavy atom. The van der Waals surface area contributed by atoms with Crippen LogP contribution < -0.4 is 5.32 Å². The summed E-state index contributed by atoms with van der Waals surface area (Å²) in [6, 6.07) is 1.69. The smallest absolute Gasteiger partial charge is 0.341 e. The Morgan fingerprint density at radius 1 is 1.54 bits per heavy atom. The molecule has 24 heavy (non-hydrogen) atoms. The van der Waals surface area contributed by atoms with E-state index in [1.165, 1.54) is 7.11 Å². The van der Waals surface area contributed by atoms with E-state index >= 15 is 0 Å². The second-order valence-corrected chi connectivity index (χ2v) is 5.95. The van der Waals surface area contributed by atoms with Crippen LogP contribution in [0.15, 0.2) is 15.5 Å². The molecule has 7 heteroatoms. The molecule has 134 valence electrons. The number of nitrogens with zero attached hydrogens (tertiary/aromatic N) is 2. The molecule has 0 aromatic carbocycles. The van der Waals surface area contributed by atoms with Gasteiger partial charge < -0.3 is 24.1 Å². The maximum absolute atomic E-state index is 11.6. The molecule has 0 saturated carbocycles. The molecule has 7 nitrogen and oxygen atoms in total. The summed E-state index contributed by atoms with van der Waals surface area (Å²) in [6.07, 6.45) is 1.09. The third-order valence-corrected chi connectivity index (χ3v) is 4.01. The number of guanidine groups is 1. The molecule has 1 aromatic heterocycles. The SMILES string of the molecule is CCNC(=NCc1cc(C(=O)OC)c(C)o1)N(C)CC1CCOC1.